The largest absolute Gasteiger partial charge is 0.396 e. The van der Waals surface area contributed by atoms with Gasteiger partial charge in [-0.05, 0) is 30.4 Å². The number of aliphatic hydroxyl groups is 1. The molecule has 19 heavy (non-hydrogen) atoms. The molecule has 1 N–H and O–H groups in total. The maximum absolute atomic E-state index is 9.02. The molecule has 1 aromatic heterocycles. The SMILES string of the molecule is CC(C)Cc1sc(Cl)nc1-c1cccc(CCO)c1. The number of aliphatic hydroxyl groups excluding tert-OH is 1. The number of hydrogen-bond acceptors (Lipinski definition) is 3. The second-order valence-corrected chi connectivity index (χ2v) is 6.68. The molecule has 0 unspecified atom stereocenters. The van der Waals surface area contributed by atoms with E-state index in [-0.39, 0.29) is 6.61 Å². The molecule has 0 radical (unpaired) electrons. The lowest BCUT2D eigenvalue weighted by Gasteiger charge is -2.06. The van der Waals surface area contributed by atoms with Gasteiger partial charge >= 0.3 is 0 Å². The van der Waals surface area contributed by atoms with Crippen LogP contribution < -0.4 is 0 Å². The van der Waals surface area contributed by atoms with Crippen molar-refractivity contribution in [2.45, 2.75) is 26.7 Å². The topological polar surface area (TPSA) is 33.1 Å². The zero-order valence-electron chi connectivity index (χ0n) is 11.2. The van der Waals surface area contributed by atoms with Crippen molar-refractivity contribution in [2.75, 3.05) is 6.61 Å². The van der Waals surface area contributed by atoms with Crippen LogP contribution in [0.4, 0.5) is 0 Å². The van der Waals surface area contributed by atoms with Gasteiger partial charge in [0, 0.05) is 17.0 Å². The van der Waals surface area contributed by atoms with Gasteiger partial charge in [-0.2, -0.15) is 0 Å². The summed E-state index contributed by atoms with van der Waals surface area (Å²) in [4.78, 5) is 5.69. The molecular formula is C15H18ClNOS. The molecule has 102 valence electrons. The minimum absolute atomic E-state index is 0.167. The number of nitrogens with zero attached hydrogens (tertiary/aromatic N) is 1. The molecule has 2 rings (SSSR count). The summed E-state index contributed by atoms with van der Waals surface area (Å²) < 4.78 is 0.596. The van der Waals surface area contributed by atoms with E-state index in [2.05, 4.69) is 31.0 Å². The van der Waals surface area contributed by atoms with E-state index in [1.165, 1.54) is 4.88 Å². The molecule has 0 aliphatic rings. The predicted molar refractivity (Wildman–Crippen MR) is 81.9 cm³/mol. The number of aromatic nitrogens is 1. The van der Waals surface area contributed by atoms with E-state index in [4.69, 9.17) is 16.7 Å². The van der Waals surface area contributed by atoms with Gasteiger partial charge in [-0.15, -0.1) is 11.3 Å². The lowest BCUT2D eigenvalue weighted by molar-refractivity contribution is 0.299. The average Bonchev–Trinajstić information content (AvgIpc) is 2.70. The van der Waals surface area contributed by atoms with E-state index < -0.39 is 0 Å². The summed E-state index contributed by atoms with van der Waals surface area (Å²) >= 11 is 7.63. The summed E-state index contributed by atoms with van der Waals surface area (Å²) in [7, 11) is 0. The molecule has 0 aliphatic heterocycles. The van der Waals surface area contributed by atoms with Crippen molar-refractivity contribution in [3.05, 3.63) is 39.2 Å². The van der Waals surface area contributed by atoms with Crippen molar-refractivity contribution in [1.82, 2.24) is 4.98 Å². The summed E-state index contributed by atoms with van der Waals surface area (Å²) in [6.07, 6.45) is 1.66. The number of rotatable bonds is 5. The van der Waals surface area contributed by atoms with Crippen LogP contribution in [0.25, 0.3) is 11.3 Å². The first-order valence-electron chi connectivity index (χ1n) is 6.45. The van der Waals surface area contributed by atoms with Crippen molar-refractivity contribution >= 4 is 22.9 Å². The highest BCUT2D eigenvalue weighted by Crippen LogP contribution is 2.33. The molecule has 0 aliphatic carbocycles. The van der Waals surface area contributed by atoms with E-state index in [0.29, 0.717) is 16.8 Å². The summed E-state index contributed by atoms with van der Waals surface area (Å²) in [5, 5.41) is 9.02. The van der Waals surface area contributed by atoms with Crippen molar-refractivity contribution in [3.8, 4) is 11.3 Å². The highest BCUT2D eigenvalue weighted by atomic mass is 35.5. The van der Waals surface area contributed by atoms with Crippen LogP contribution in [0.2, 0.25) is 4.47 Å². The van der Waals surface area contributed by atoms with Crippen molar-refractivity contribution in [2.24, 2.45) is 5.92 Å². The molecule has 0 fully saturated rings. The fraction of sp³-hybridized carbons (Fsp3) is 0.400. The summed E-state index contributed by atoms with van der Waals surface area (Å²) in [6, 6.07) is 8.17. The molecule has 2 aromatic rings. The minimum Gasteiger partial charge on any atom is -0.396 e. The second-order valence-electron chi connectivity index (χ2n) is 5.01. The molecular weight excluding hydrogens is 278 g/mol. The molecule has 0 atom stereocenters. The molecule has 0 bridgehead atoms. The Hall–Kier alpha value is -0.900. The zero-order valence-corrected chi connectivity index (χ0v) is 12.8. The highest BCUT2D eigenvalue weighted by Gasteiger charge is 2.13. The third-order valence-electron chi connectivity index (χ3n) is 2.87. The van der Waals surface area contributed by atoms with Gasteiger partial charge in [0.2, 0.25) is 0 Å². The van der Waals surface area contributed by atoms with Gasteiger partial charge in [0.25, 0.3) is 0 Å². The molecule has 1 aromatic carbocycles. The maximum Gasteiger partial charge on any atom is 0.184 e. The molecule has 0 saturated heterocycles. The van der Waals surface area contributed by atoms with Gasteiger partial charge in [-0.1, -0.05) is 43.6 Å². The quantitative estimate of drug-likeness (QED) is 0.897. The Morgan fingerprint density at radius 1 is 1.37 bits per heavy atom. The maximum atomic E-state index is 9.02. The number of hydrogen-bond donors (Lipinski definition) is 1. The Bertz CT molecular complexity index is 551. The van der Waals surface area contributed by atoms with E-state index in [1.807, 2.05) is 12.1 Å². The van der Waals surface area contributed by atoms with Crippen LogP contribution in [0.15, 0.2) is 24.3 Å². The van der Waals surface area contributed by atoms with Crippen LogP contribution in [0.5, 0.6) is 0 Å². The molecule has 4 heteroatoms. The lowest BCUT2D eigenvalue weighted by Crippen LogP contribution is -1.95. The number of benzene rings is 1. The van der Waals surface area contributed by atoms with E-state index in [9.17, 15) is 0 Å². The Morgan fingerprint density at radius 2 is 2.16 bits per heavy atom. The van der Waals surface area contributed by atoms with Crippen LogP contribution in [0.3, 0.4) is 0 Å². The normalized spacial score (nSPS) is 11.2. The first-order chi connectivity index (χ1) is 9.10. The average molecular weight is 296 g/mol. The number of thiazole rings is 1. The smallest absolute Gasteiger partial charge is 0.184 e. The first kappa shape index (κ1) is 14.5. The van der Waals surface area contributed by atoms with Crippen molar-refractivity contribution in [3.63, 3.8) is 0 Å². The van der Waals surface area contributed by atoms with E-state index in [1.54, 1.807) is 11.3 Å². The standard InChI is InChI=1S/C15H18ClNOS/c1-10(2)8-13-14(17-15(16)19-13)12-5-3-4-11(9-12)6-7-18/h3-5,9-10,18H,6-8H2,1-2H3. The van der Waals surface area contributed by atoms with Gasteiger partial charge < -0.3 is 5.11 Å². The molecule has 0 spiro atoms. The molecule has 0 amide bonds. The Morgan fingerprint density at radius 3 is 2.84 bits per heavy atom. The van der Waals surface area contributed by atoms with Crippen LogP contribution in [0.1, 0.15) is 24.3 Å². The summed E-state index contributed by atoms with van der Waals surface area (Å²) in [5.74, 6) is 0.580. The second kappa shape index (κ2) is 6.51. The van der Waals surface area contributed by atoms with E-state index >= 15 is 0 Å². The molecule has 0 saturated carbocycles. The Kier molecular flexibility index (Phi) is 4.97. The fourth-order valence-electron chi connectivity index (χ4n) is 2.06. The summed E-state index contributed by atoms with van der Waals surface area (Å²) in [6.45, 7) is 4.55. The number of halogens is 1. The highest BCUT2D eigenvalue weighted by molar-refractivity contribution is 7.16. The Labute approximate surface area is 123 Å². The van der Waals surface area contributed by atoms with Gasteiger partial charge in [0.05, 0.1) is 5.69 Å². The third-order valence-corrected chi connectivity index (χ3v) is 4.05. The Balaban J connectivity index is 2.37. The fourth-order valence-corrected chi connectivity index (χ4v) is 3.44. The van der Waals surface area contributed by atoms with Crippen molar-refractivity contribution < 1.29 is 5.11 Å². The van der Waals surface area contributed by atoms with Crippen molar-refractivity contribution in [1.29, 1.82) is 0 Å². The first-order valence-corrected chi connectivity index (χ1v) is 7.65. The molecule has 2 nitrogen and oxygen atoms in total. The monoisotopic (exact) mass is 295 g/mol. The minimum atomic E-state index is 0.167. The van der Waals surface area contributed by atoms with Gasteiger partial charge in [-0.25, -0.2) is 4.98 Å². The van der Waals surface area contributed by atoms with Gasteiger partial charge in [-0.3, -0.25) is 0 Å². The summed E-state index contributed by atoms with van der Waals surface area (Å²) in [5.41, 5.74) is 3.20. The molecule has 1 heterocycles. The predicted octanol–water partition coefficient (Wildman–Crippen LogP) is 4.20. The van der Waals surface area contributed by atoms with E-state index in [0.717, 1.165) is 23.2 Å². The van der Waals surface area contributed by atoms with Crippen LogP contribution in [0, 0.1) is 5.92 Å². The lowest BCUT2D eigenvalue weighted by atomic mass is 10.0. The van der Waals surface area contributed by atoms with Crippen LogP contribution in [-0.2, 0) is 12.8 Å². The van der Waals surface area contributed by atoms with Crippen LogP contribution in [-0.4, -0.2) is 16.7 Å². The zero-order chi connectivity index (χ0) is 13.8. The van der Waals surface area contributed by atoms with Crippen LogP contribution >= 0.6 is 22.9 Å². The third kappa shape index (κ3) is 3.78. The van der Waals surface area contributed by atoms with Gasteiger partial charge in [0.15, 0.2) is 4.47 Å². The van der Waals surface area contributed by atoms with Gasteiger partial charge in [0.1, 0.15) is 0 Å².